The number of hydrogen-bond donors (Lipinski definition) is 1. The van der Waals surface area contributed by atoms with Crippen LogP contribution < -0.4 is 0 Å². The molecule has 21 heavy (non-hydrogen) atoms. The molecule has 0 spiro atoms. The van der Waals surface area contributed by atoms with Crippen molar-refractivity contribution in [2.45, 2.75) is 31.2 Å². The van der Waals surface area contributed by atoms with E-state index in [1.165, 1.54) is 16.5 Å². The summed E-state index contributed by atoms with van der Waals surface area (Å²) in [5.41, 5.74) is 1.11. The number of benzene rings is 1. The third-order valence-electron chi connectivity index (χ3n) is 2.94. The molecule has 0 saturated heterocycles. The lowest BCUT2D eigenvalue weighted by molar-refractivity contribution is 0.0152. The van der Waals surface area contributed by atoms with Crippen LogP contribution in [0.3, 0.4) is 0 Å². The molecule has 0 radical (unpaired) electrons. The summed E-state index contributed by atoms with van der Waals surface area (Å²) in [6, 6.07) is 8.17. The molecule has 3 aromatic rings. The Morgan fingerprint density at radius 3 is 2.95 bits per heavy atom. The molecule has 2 aromatic heterocycles. The first-order chi connectivity index (χ1) is 10.1. The van der Waals surface area contributed by atoms with Crippen LogP contribution in [0.15, 0.2) is 29.4 Å². The third-order valence-corrected chi connectivity index (χ3v) is 5.02. The molecule has 1 aromatic carbocycles. The van der Waals surface area contributed by atoms with E-state index in [0.29, 0.717) is 12.4 Å². The minimum absolute atomic E-state index is 0.130. The molecule has 1 unspecified atom stereocenters. The Morgan fingerprint density at radius 1 is 1.33 bits per heavy atom. The summed E-state index contributed by atoms with van der Waals surface area (Å²) >= 11 is 3.12. The molecule has 1 atom stereocenters. The normalized spacial score (nSPS) is 13.5. The largest absolute Gasteiger partial charge is 0.390 e. The van der Waals surface area contributed by atoms with E-state index in [1.807, 2.05) is 30.4 Å². The summed E-state index contributed by atoms with van der Waals surface area (Å²) < 4.78 is 8.64. The predicted octanol–water partition coefficient (Wildman–Crippen LogP) is 2.82. The van der Waals surface area contributed by atoms with Gasteiger partial charge in [-0.3, -0.25) is 4.40 Å². The van der Waals surface area contributed by atoms with E-state index < -0.39 is 6.10 Å². The van der Waals surface area contributed by atoms with Crippen LogP contribution in [-0.4, -0.2) is 44.3 Å². The molecule has 0 aliphatic carbocycles. The van der Waals surface area contributed by atoms with Crippen molar-refractivity contribution in [3.8, 4) is 0 Å². The Labute approximate surface area is 130 Å². The molecule has 0 aliphatic rings. The maximum Gasteiger partial charge on any atom is 0.217 e. The Hall–Kier alpha value is -1.15. The Bertz CT molecular complexity index is 738. The second kappa shape index (κ2) is 6.31. The minimum atomic E-state index is -0.505. The van der Waals surface area contributed by atoms with Gasteiger partial charge in [0.2, 0.25) is 4.96 Å². The number of thiazole rings is 1. The van der Waals surface area contributed by atoms with Gasteiger partial charge in [-0.05, 0) is 26.0 Å². The van der Waals surface area contributed by atoms with Crippen LogP contribution in [0, 0.1) is 0 Å². The quantitative estimate of drug-likeness (QED) is 0.707. The van der Waals surface area contributed by atoms with Crippen molar-refractivity contribution in [1.29, 1.82) is 0 Å². The van der Waals surface area contributed by atoms with Crippen molar-refractivity contribution in [3.63, 3.8) is 0 Å². The van der Waals surface area contributed by atoms with Crippen LogP contribution in [0.4, 0.5) is 0 Å². The van der Waals surface area contributed by atoms with Crippen molar-refractivity contribution in [2.24, 2.45) is 0 Å². The number of aliphatic hydroxyl groups excluding tert-OH is 1. The van der Waals surface area contributed by atoms with Crippen LogP contribution in [0.2, 0.25) is 0 Å². The van der Waals surface area contributed by atoms with Gasteiger partial charge in [0.25, 0.3) is 0 Å². The zero-order valence-electron chi connectivity index (χ0n) is 11.9. The van der Waals surface area contributed by atoms with E-state index in [4.69, 9.17) is 4.74 Å². The van der Waals surface area contributed by atoms with Crippen LogP contribution in [-0.2, 0) is 4.74 Å². The van der Waals surface area contributed by atoms with Gasteiger partial charge >= 0.3 is 0 Å². The van der Waals surface area contributed by atoms with Gasteiger partial charge in [0.1, 0.15) is 0 Å². The summed E-state index contributed by atoms with van der Waals surface area (Å²) in [4.78, 5) is 0.881. The van der Waals surface area contributed by atoms with Gasteiger partial charge in [-0.1, -0.05) is 35.2 Å². The highest BCUT2D eigenvalue weighted by Gasteiger charge is 2.14. The number of aliphatic hydroxyl groups is 1. The van der Waals surface area contributed by atoms with Crippen molar-refractivity contribution in [3.05, 3.63) is 24.3 Å². The van der Waals surface area contributed by atoms with E-state index >= 15 is 0 Å². The molecule has 1 N–H and O–H groups in total. The summed E-state index contributed by atoms with van der Waals surface area (Å²) in [7, 11) is 0. The number of ether oxygens (including phenoxy) is 1. The molecule has 5 nitrogen and oxygen atoms in total. The average molecular weight is 323 g/mol. The maximum atomic E-state index is 9.93. The summed E-state index contributed by atoms with van der Waals surface area (Å²) in [6.45, 7) is 4.26. The zero-order valence-corrected chi connectivity index (χ0v) is 13.5. The van der Waals surface area contributed by atoms with Gasteiger partial charge in [0, 0.05) is 5.75 Å². The molecule has 112 valence electrons. The SMILES string of the molecule is CC(C)OCC(O)CSc1nnc2sc3ccccc3n12. The highest BCUT2D eigenvalue weighted by Crippen LogP contribution is 2.29. The summed E-state index contributed by atoms with van der Waals surface area (Å²) in [5, 5.41) is 19.2. The maximum absolute atomic E-state index is 9.93. The molecule has 0 saturated carbocycles. The highest BCUT2D eigenvalue weighted by atomic mass is 32.2. The number of para-hydroxylation sites is 1. The van der Waals surface area contributed by atoms with E-state index in [2.05, 4.69) is 22.3 Å². The Morgan fingerprint density at radius 2 is 2.14 bits per heavy atom. The fraction of sp³-hybridized carbons (Fsp3) is 0.429. The van der Waals surface area contributed by atoms with Gasteiger partial charge in [0.15, 0.2) is 5.16 Å². The van der Waals surface area contributed by atoms with Crippen molar-refractivity contribution in [1.82, 2.24) is 14.6 Å². The fourth-order valence-corrected chi connectivity index (χ4v) is 3.84. The second-order valence-electron chi connectivity index (χ2n) is 5.02. The summed E-state index contributed by atoms with van der Waals surface area (Å²) in [5.74, 6) is 0.539. The smallest absolute Gasteiger partial charge is 0.217 e. The molecule has 3 rings (SSSR count). The molecule has 0 bridgehead atoms. The predicted molar refractivity (Wildman–Crippen MR) is 86.2 cm³/mol. The zero-order chi connectivity index (χ0) is 14.8. The van der Waals surface area contributed by atoms with Crippen LogP contribution >= 0.6 is 23.1 Å². The van der Waals surface area contributed by atoms with Crippen molar-refractivity contribution < 1.29 is 9.84 Å². The lowest BCUT2D eigenvalue weighted by Crippen LogP contribution is -2.20. The first-order valence-corrected chi connectivity index (χ1v) is 8.60. The molecule has 0 amide bonds. The first-order valence-electron chi connectivity index (χ1n) is 6.80. The van der Waals surface area contributed by atoms with Gasteiger partial charge in [-0.2, -0.15) is 0 Å². The monoisotopic (exact) mass is 323 g/mol. The molecule has 0 aliphatic heterocycles. The van der Waals surface area contributed by atoms with E-state index in [1.54, 1.807) is 11.3 Å². The van der Waals surface area contributed by atoms with E-state index in [9.17, 15) is 5.11 Å². The minimum Gasteiger partial charge on any atom is -0.390 e. The number of hydrogen-bond acceptors (Lipinski definition) is 6. The van der Waals surface area contributed by atoms with Crippen LogP contribution in [0.25, 0.3) is 15.2 Å². The van der Waals surface area contributed by atoms with Crippen LogP contribution in [0.1, 0.15) is 13.8 Å². The standard InChI is InChI=1S/C14H17N3O2S2/c1-9(2)19-7-10(18)8-20-13-15-16-14-17(13)11-5-3-4-6-12(11)21-14/h3-6,9-10,18H,7-8H2,1-2H3. The number of aromatic nitrogens is 3. The summed E-state index contributed by atoms with van der Waals surface area (Å²) in [6.07, 6.45) is -0.375. The number of thioether (sulfide) groups is 1. The van der Waals surface area contributed by atoms with Gasteiger partial charge in [-0.15, -0.1) is 10.2 Å². The van der Waals surface area contributed by atoms with Gasteiger partial charge in [-0.25, -0.2) is 0 Å². The lowest BCUT2D eigenvalue weighted by atomic mass is 10.3. The molecule has 2 heterocycles. The Balaban J connectivity index is 1.75. The third kappa shape index (κ3) is 3.21. The van der Waals surface area contributed by atoms with Gasteiger partial charge in [0.05, 0.1) is 29.0 Å². The highest BCUT2D eigenvalue weighted by molar-refractivity contribution is 7.99. The topological polar surface area (TPSA) is 59.7 Å². The first kappa shape index (κ1) is 14.8. The fourth-order valence-electron chi connectivity index (χ4n) is 1.97. The molecule has 7 heteroatoms. The average Bonchev–Trinajstić information content (AvgIpc) is 3.02. The van der Waals surface area contributed by atoms with E-state index in [0.717, 1.165) is 15.6 Å². The number of fused-ring (bicyclic) bond motifs is 3. The van der Waals surface area contributed by atoms with Crippen molar-refractivity contribution in [2.75, 3.05) is 12.4 Å². The van der Waals surface area contributed by atoms with E-state index in [-0.39, 0.29) is 6.10 Å². The second-order valence-corrected chi connectivity index (χ2v) is 7.01. The molecular formula is C14H17N3O2S2. The van der Waals surface area contributed by atoms with Gasteiger partial charge < -0.3 is 9.84 Å². The Kier molecular flexibility index (Phi) is 4.44. The molecule has 0 fully saturated rings. The number of rotatable bonds is 6. The molecular weight excluding hydrogens is 306 g/mol. The van der Waals surface area contributed by atoms with Crippen LogP contribution in [0.5, 0.6) is 0 Å². The van der Waals surface area contributed by atoms with Crippen molar-refractivity contribution >= 4 is 38.3 Å². The number of nitrogens with zero attached hydrogens (tertiary/aromatic N) is 3. The lowest BCUT2D eigenvalue weighted by Gasteiger charge is -2.12.